The van der Waals surface area contributed by atoms with Crippen LogP contribution in [0.5, 0.6) is 0 Å². The van der Waals surface area contributed by atoms with Crippen LogP contribution in [0.2, 0.25) is 0 Å². The average molecular weight is 149 g/mol. The monoisotopic (exact) mass is 149 g/mol. The third-order valence-electron chi connectivity index (χ3n) is 2.78. The molecule has 3 unspecified atom stereocenters. The SMILES string of the molecule is N#COCC1CC2C=CC1C2. The Hall–Kier alpha value is -0.970. The topological polar surface area (TPSA) is 33.0 Å². The number of allylic oxidation sites excluding steroid dienone is 2. The molecule has 1 saturated carbocycles. The Balaban J connectivity index is 1.89. The van der Waals surface area contributed by atoms with Crippen LogP contribution in [0.4, 0.5) is 0 Å². The van der Waals surface area contributed by atoms with Gasteiger partial charge in [0, 0.05) is 5.92 Å². The molecule has 2 rings (SSSR count). The minimum absolute atomic E-state index is 0.615. The summed E-state index contributed by atoms with van der Waals surface area (Å²) in [6.45, 7) is 0.627. The van der Waals surface area contributed by atoms with Gasteiger partial charge in [0.05, 0.1) is 0 Å². The van der Waals surface area contributed by atoms with Crippen molar-refractivity contribution in [3.8, 4) is 6.26 Å². The molecular formula is C9H11NO. The van der Waals surface area contributed by atoms with E-state index in [1.807, 2.05) is 0 Å². The van der Waals surface area contributed by atoms with Crippen molar-refractivity contribution in [3.05, 3.63) is 12.2 Å². The Labute approximate surface area is 66.5 Å². The molecule has 2 bridgehead atoms. The van der Waals surface area contributed by atoms with Crippen LogP contribution < -0.4 is 0 Å². The minimum atomic E-state index is 0.615. The molecule has 2 heteroatoms. The molecule has 0 aromatic rings. The summed E-state index contributed by atoms with van der Waals surface area (Å²) in [4.78, 5) is 0. The zero-order valence-electron chi connectivity index (χ0n) is 6.36. The molecule has 0 saturated heterocycles. The van der Waals surface area contributed by atoms with E-state index < -0.39 is 0 Å². The highest BCUT2D eigenvalue weighted by molar-refractivity contribution is 5.10. The first-order valence-electron chi connectivity index (χ1n) is 4.09. The summed E-state index contributed by atoms with van der Waals surface area (Å²) in [5.74, 6) is 2.10. The second-order valence-corrected chi connectivity index (χ2v) is 3.44. The number of hydrogen-bond donors (Lipinski definition) is 0. The van der Waals surface area contributed by atoms with Crippen LogP contribution in [0.15, 0.2) is 12.2 Å². The largest absolute Gasteiger partial charge is 0.427 e. The molecule has 1 fully saturated rings. The lowest BCUT2D eigenvalue weighted by Crippen LogP contribution is -2.12. The van der Waals surface area contributed by atoms with E-state index in [9.17, 15) is 0 Å². The van der Waals surface area contributed by atoms with Gasteiger partial charge in [-0.15, -0.1) is 0 Å². The van der Waals surface area contributed by atoms with Gasteiger partial charge in [0.1, 0.15) is 6.61 Å². The van der Waals surface area contributed by atoms with Crippen LogP contribution in [0.1, 0.15) is 12.8 Å². The second-order valence-electron chi connectivity index (χ2n) is 3.44. The Morgan fingerprint density at radius 1 is 1.45 bits per heavy atom. The molecule has 0 radical (unpaired) electrons. The van der Waals surface area contributed by atoms with E-state index in [1.54, 1.807) is 6.26 Å². The lowest BCUT2D eigenvalue weighted by Gasteiger charge is -2.14. The van der Waals surface area contributed by atoms with Gasteiger partial charge in [0.15, 0.2) is 0 Å². The van der Waals surface area contributed by atoms with Crippen LogP contribution in [0, 0.1) is 29.3 Å². The Morgan fingerprint density at radius 2 is 2.36 bits per heavy atom. The zero-order valence-corrected chi connectivity index (χ0v) is 6.36. The normalized spacial score (nSPS) is 39.0. The molecule has 11 heavy (non-hydrogen) atoms. The maximum absolute atomic E-state index is 8.21. The summed E-state index contributed by atoms with van der Waals surface area (Å²) < 4.78 is 4.74. The molecule has 0 N–H and O–H groups in total. The van der Waals surface area contributed by atoms with Crippen LogP contribution in [0.25, 0.3) is 0 Å². The van der Waals surface area contributed by atoms with Gasteiger partial charge in [-0.05, 0) is 24.7 Å². The third-order valence-corrected chi connectivity index (χ3v) is 2.78. The predicted octanol–water partition coefficient (Wildman–Crippen LogP) is 1.70. The van der Waals surface area contributed by atoms with Crippen LogP contribution in [-0.4, -0.2) is 6.61 Å². The number of rotatable bonds is 2. The Bertz CT molecular complexity index is 216. The highest BCUT2D eigenvalue weighted by Gasteiger charge is 2.35. The number of fused-ring (bicyclic) bond motifs is 2. The van der Waals surface area contributed by atoms with E-state index >= 15 is 0 Å². The molecule has 0 spiro atoms. The standard InChI is InChI=1S/C9H11NO/c10-6-11-5-9-4-7-1-2-8(9)3-7/h1-2,7-9H,3-5H2. The maximum atomic E-state index is 8.21. The first-order valence-corrected chi connectivity index (χ1v) is 4.09. The molecule has 0 heterocycles. The van der Waals surface area contributed by atoms with Gasteiger partial charge in [-0.1, -0.05) is 12.2 Å². The lowest BCUT2D eigenvalue weighted by atomic mass is 9.95. The zero-order chi connectivity index (χ0) is 7.68. The van der Waals surface area contributed by atoms with Crippen molar-refractivity contribution in [1.29, 1.82) is 5.26 Å². The molecule has 2 aliphatic carbocycles. The van der Waals surface area contributed by atoms with Crippen LogP contribution in [-0.2, 0) is 4.74 Å². The summed E-state index contributed by atoms with van der Waals surface area (Å²) in [5, 5.41) is 8.21. The van der Waals surface area contributed by atoms with Gasteiger partial charge in [-0.2, -0.15) is 5.26 Å². The number of nitriles is 1. The average Bonchev–Trinajstić information content (AvgIpc) is 2.60. The van der Waals surface area contributed by atoms with E-state index in [-0.39, 0.29) is 0 Å². The quantitative estimate of drug-likeness (QED) is 0.442. The fourth-order valence-corrected chi connectivity index (χ4v) is 2.23. The summed E-state index contributed by atoms with van der Waals surface area (Å²) in [6, 6.07) is 0. The Morgan fingerprint density at radius 3 is 2.91 bits per heavy atom. The van der Waals surface area contributed by atoms with Crippen molar-refractivity contribution in [3.63, 3.8) is 0 Å². The first-order chi connectivity index (χ1) is 5.40. The van der Waals surface area contributed by atoms with Gasteiger partial charge in [-0.25, -0.2) is 0 Å². The molecule has 2 nitrogen and oxygen atoms in total. The molecule has 0 aromatic carbocycles. The highest BCUT2D eigenvalue weighted by Crippen LogP contribution is 2.43. The molecule has 0 aliphatic heterocycles. The fraction of sp³-hybridized carbons (Fsp3) is 0.667. The number of hydrogen-bond acceptors (Lipinski definition) is 2. The summed E-state index contributed by atoms with van der Waals surface area (Å²) in [7, 11) is 0. The van der Waals surface area contributed by atoms with E-state index in [1.165, 1.54) is 12.8 Å². The van der Waals surface area contributed by atoms with E-state index in [0.717, 1.165) is 5.92 Å². The van der Waals surface area contributed by atoms with Gasteiger partial charge in [0.25, 0.3) is 6.26 Å². The second kappa shape index (κ2) is 2.58. The molecule has 0 aromatic heterocycles. The molecule has 0 amide bonds. The van der Waals surface area contributed by atoms with Gasteiger partial charge < -0.3 is 4.74 Å². The fourth-order valence-electron chi connectivity index (χ4n) is 2.23. The smallest absolute Gasteiger partial charge is 0.286 e. The molecule has 58 valence electrons. The summed E-state index contributed by atoms with van der Waals surface area (Å²) in [6.07, 6.45) is 8.82. The predicted molar refractivity (Wildman–Crippen MR) is 40.4 cm³/mol. The number of nitrogens with zero attached hydrogens (tertiary/aromatic N) is 1. The van der Waals surface area contributed by atoms with Gasteiger partial charge in [0.2, 0.25) is 0 Å². The van der Waals surface area contributed by atoms with E-state index in [4.69, 9.17) is 10.00 Å². The van der Waals surface area contributed by atoms with Crippen molar-refractivity contribution in [2.45, 2.75) is 12.8 Å². The molecule has 2 aliphatic rings. The van der Waals surface area contributed by atoms with E-state index in [2.05, 4.69) is 12.2 Å². The van der Waals surface area contributed by atoms with Gasteiger partial charge >= 0.3 is 0 Å². The Kier molecular flexibility index (Phi) is 1.58. The molecule has 3 atom stereocenters. The first kappa shape index (κ1) is 6.72. The molecular weight excluding hydrogens is 138 g/mol. The minimum Gasteiger partial charge on any atom is -0.427 e. The third kappa shape index (κ3) is 1.11. The van der Waals surface area contributed by atoms with Crippen molar-refractivity contribution in [1.82, 2.24) is 0 Å². The summed E-state index contributed by atoms with van der Waals surface area (Å²) >= 11 is 0. The van der Waals surface area contributed by atoms with Crippen molar-refractivity contribution in [2.75, 3.05) is 6.61 Å². The van der Waals surface area contributed by atoms with Crippen LogP contribution >= 0.6 is 0 Å². The van der Waals surface area contributed by atoms with Crippen LogP contribution in [0.3, 0.4) is 0 Å². The van der Waals surface area contributed by atoms with Crippen molar-refractivity contribution < 1.29 is 4.74 Å². The number of ether oxygens (including phenoxy) is 1. The van der Waals surface area contributed by atoms with E-state index in [0.29, 0.717) is 18.4 Å². The highest BCUT2D eigenvalue weighted by atomic mass is 16.5. The van der Waals surface area contributed by atoms with Crippen molar-refractivity contribution >= 4 is 0 Å². The maximum Gasteiger partial charge on any atom is 0.286 e. The van der Waals surface area contributed by atoms with Gasteiger partial charge in [-0.3, -0.25) is 0 Å². The van der Waals surface area contributed by atoms with Crippen molar-refractivity contribution in [2.24, 2.45) is 17.8 Å². The summed E-state index contributed by atoms with van der Waals surface area (Å²) in [5.41, 5.74) is 0. The lowest BCUT2D eigenvalue weighted by molar-refractivity contribution is 0.193.